The van der Waals surface area contributed by atoms with E-state index >= 15 is 0 Å². The maximum atomic E-state index is 13.6. The number of aromatic nitrogens is 2. The lowest BCUT2D eigenvalue weighted by Crippen LogP contribution is -2.33. The van der Waals surface area contributed by atoms with Crippen molar-refractivity contribution in [1.29, 1.82) is 0 Å². The molecule has 1 aromatic carbocycles. The minimum atomic E-state index is -2.94. The Labute approximate surface area is 147 Å². The topological polar surface area (TPSA) is 75.2 Å². The van der Waals surface area contributed by atoms with Gasteiger partial charge in [-0.05, 0) is 24.5 Å². The third kappa shape index (κ3) is 4.45. The minimum Gasteiger partial charge on any atom is -0.370 e. The van der Waals surface area contributed by atoms with Gasteiger partial charge in [-0.15, -0.1) is 0 Å². The molecule has 1 fully saturated rings. The third-order valence-electron chi connectivity index (χ3n) is 4.43. The van der Waals surface area contributed by atoms with Gasteiger partial charge in [0, 0.05) is 25.7 Å². The Kier molecular flexibility index (Phi) is 5.17. The van der Waals surface area contributed by atoms with Gasteiger partial charge in [-0.2, -0.15) is 0 Å². The third-order valence-corrected chi connectivity index (χ3v) is 6.18. The van der Waals surface area contributed by atoms with E-state index in [-0.39, 0.29) is 23.4 Å². The molecule has 1 N–H and O–H groups in total. The maximum Gasteiger partial charge on any atom is 0.152 e. The Morgan fingerprint density at radius 1 is 1.32 bits per heavy atom. The molecule has 0 bridgehead atoms. The molecule has 2 heterocycles. The number of nitrogens with zero attached hydrogens (tertiary/aromatic N) is 3. The van der Waals surface area contributed by atoms with Crippen LogP contribution in [0.5, 0.6) is 0 Å². The monoisotopic (exact) mass is 364 g/mol. The second-order valence-corrected chi connectivity index (χ2v) is 8.43. The van der Waals surface area contributed by atoms with Gasteiger partial charge in [-0.1, -0.05) is 18.2 Å². The molecule has 0 radical (unpaired) electrons. The van der Waals surface area contributed by atoms with Gasteiger partial charge in [-0.3, -0.25) is 0 Å². The van der Waals surface area contributed by atoms with Crippen LogP contribution in [-0.2, 0) is 16.3 Å². The predicted octanol–water partition coefficient (Wildman–Crippen LogP) is 1.89. The largest absolute Gasteiger partial charge is 0.370 e. The molecule has 1 atom stereocenters. The molecule has 1 aromatic heterocycles. The Hall–Kier alpha value is -2.22. The van der Waals surface area contributed by atoms with E-state index in [0.29, 0.717) is 36.6 Å². The van der Waals surface area contributed by atoms with Gasteiger partial charge in [0.25, 0.3) is 0 Å². The molecule has 1 aliphatic rings. The molecule has 1 unspecified atom stereocenters. The molecular weight excluding hydrogens is 343 g/mol. The Morgan fingerprint density at radius 2 is 2.12 bits per heavy atom. The summed E-state index contributed by atoms with van der Waals surface area (Å²) < 4.78 is 36.9. The zero-order valence-corrected chi connectivity index (χ0v) is 14.8. The first kappa shape index (κ1) is 17.6. The van der Waals surface area contributed by atoms with Crippen molar-refractivity contribution < 1.29 is 12.8 Å². The van der Waals surface area contributed by atoms with Crippen LogP contribution in [-0.4, -0.2) is 49.5 Å². The fraction of sp³-hybridized carbons (Fsp3) is 0.412. The normalized spacial score (nSPS) is 18.9. The Bertz CT molecular complexity index is 844. The fourth-order valence-corrected chi connectivity index (χ4v) is 4.71. The first-order valence-electron chi connectivity index (χ1n) is 8.17. The Balaban J connectivity index is 1.61. The summed E-state index contributed by atoms with van der Waals surface area (Å²) in [4.78, 5) is 10.3. The molecule has 1 aliphatic heterocycles. The van der Waals surface area contributed by atoms with Crippen molar-refractivity contribution in [2.45, 2.75) is 18.9 Å². The minimum absolute atomic E-state index is 0.0637. The first-order chi connectivity index (χ1) is 11.9. The van der Waals surface area contributed by atoms with Crippen molar-refractivity contribution in [3.63, 3.8) is 0 Å². The number of halogens is 1. The van der Waals surface area contributed by atoms with E-state index in [2.05, 4.69) is 15.3 Å². The summed E-state index contributed by atoms with van der Waals surface area (Å²) >= 11 is 0. The number of hydrogen-bond acceptors (Lipinski definition) is 6. The van der Waals surface area contributed by atoms with Crippen LogP contribution >= 0.6 is 0 Å². The predicted molar refractivity (Wildman–Crippen MR) is 96.1 cm³/mol. The molecule has 8 heteroatoms. The second kappa shape index (κ2) is 7.35. The molecule has 25 heavy (non-hydrogen) atoms. The van der Waals surface area contributed by atoms with Crippen molar-refractivity contribution in [1.82, 2.24) is 9.97 Å². The quantitative estimate of drug-likeness (QED) is 0.844. The highest BCUT2D eigenvalue weighted by Crippen LogP contribution is 2.22. The van der Waals surface area contributed by atoms with E-state index in [9.17, 15) is 12.8 Å². The summed E-state index contributed by atoms with van der Waals surface area (Å²) in [5.41, 5.74) is 0.651. The molecule has 2 aromatic rings. The van der Waals surface area contributed by atoms with Crippen molar-refractivity contribution in [2.24, 2.45) is 0 Å². The van der Waals surface area contributed by atoms with Gasteiger partial charge >= 0.3 is 0 Å². The number of nitrogens with one attached hydrogen (secondary N) is 1. The standard InChI is InChI=1S/C17H21FN4O2S/c1-22(14-7-9-25(23,24)11-14)17-10-16(20-12-21-17)19-8-6-13-4-2-3-5-15(13)18/h2-5,10,12,14H,6-9,11H2,1H3,(H,19,20,21). The van der Waals surface area contributed by atoms with Crippen molar-refractivity contribution in [2.75, 3.05) is 35.3 Å². The van der Waals surface area contributed by atoms with Gasteiger partial charge < -0.3 is 10.2 Å². The van der Waals surface area contributed by atoms with Crippen LogP contribution < -0.4 is 10.2 Å². The lowest BCUT2D eigenvalue weighted by atomic mass is 10.1. The summed E-state index contributed by atoms with van der Waals surface area (Å²) in [6, 6.07) is 8.41. The summed E-state index contributed by atoms with van der Waals surface area (Å²) in [6.07, 6.45) is 2.60. The molecule has 6 nitrogen and oxygen atoms in total. The zero-order valence-electron chi connectivity index (χ0n) is 14.0. The SMILES string of the molecule is CN(c1cc(NCCc2ccccc2F)ncn1)C1CCS(=O)(=O)C1. The summed E-state index contributed by atoms with van der Waals surface area (Å²) in [5.74, 6) is 1.47. The number of sulfone groups is 1. The number of rotatable bonds is 6. The van der Waals surface area contributed by atoms with Crippen LogP contribution in [0, 0.1) is 5.82 Å². The second-order valence-electron chi connectivity index (χ2n) is 6.20. The summed E-state index contributed by atoms with van der Waals surface area (Å²) in [7, 11) is -1.10. The van der Waals surface area contributed by atoms with Gasteiger partial charge in [-0.25, -0.2) is 22.8 Å². The zero-order chi connectivity index (χ0) is 17.9. The van der Waals surface area contributed by atoms with Crippen LogP contribution in [0.3, 0.4) is 0 Å². The lowest BCUT2D eigenvalue weighted by Gasteiger charge is -2.24. The molecule has 0 saturated carbocycles. The van der Waals surface area contributed by atoms with E-state index in [1.807, 2.05) is 18.0 Å². The van der Waals surface area contributed by atoms with E-state index in [4.69, 9.17) is 0 Å². The number of anilines is 2. The van der Waals surface area contributed by atoms with E-state index in [1.165, 1.54) is 12.4 Å². The van der Waals surface area contributed by atoms with Crippen LogP contribution in [0.15, 0.2) is 36.7 Å². The number of benzene rings is 1. The van der Waals surface area contributed by atoms with E-state index in [1.54, 1.807) is 18.2 Å². The van der Waals surface area contributed by atoms with Gasteiger partial charge in [0.2, 0.25) is 0 Å². The smallest absolute Gasteiger partial charge is 0.152 e. The van der Waals surface area contributed by atoms with Crippen LogP contribution in [0.25, 0.3) is 0 Å². The first-order valence-corrected chi connectivity index (χ1v) is 9.99. The van der Waals surface area contributed by atoms with Gasteiger partial charge in [0.1, 0.15) is 23.8 Å². The lowest BCUT2D eigenvalue weighted by molar-refractivity contribution is 0.600. The molecule has 0 spiro atoms. The molecule has 0 amide bonds. The van der Waals surface area contributed by atoms with Crippen LogP contribution in [0.2, 0.25) is 0 Å². The highest BCUT2D eigenvalue weighted by atomic mass is 32.2. The molecule has 1 saturated heterocycles. The summed E-state index contributed by atoms with van der Waals surface area (Å²) in [6.45, 7) is 0.541. The van der Waals surface area contributed by atoms with Crippen molar-refractivity contribution in [3.05, 3.63) is 48.0 Å². The van der Waals surface area contributed by atoms with E-state index in [0.717, 1.165) is 0 Å². The van der Waals surface area contributed by atoms with Crippen molar-refractivity contribution in [3.8, 4) is 0 Å². The Morgan fingerprint density at radius 3 is 2.84 bits per heavy atom. The highest BCUT2D eigenvalue weighted by molar-refractivity contribution is 7.91. The van der Waals surface area contributed by atoms with Crippen LogP contribution in [0.1, 0.15) is 12.0 Å². The van der Waals surface area contributed by atoms with Crippen LogP contribution in [0.4, 0.5) is 16.0 Å². The number of hydrogen-bond donors (Lipinski definition) is 1. The maximum absolute atomic E-state index is 13.6. The molecule has 0 aliphatic carbocycles. The summed E-state index contributed by atoms with van der Waals surface area (Å²) in [5, 5.41) is 3.16. The van der Waals surface area contributed by atoms with Gasteiger partial charge in [0.15, 0.2) is 9.84 Å². The van der Waals surface area contributed by atoms with Crippen molar-refractivity contribution >= 4 is 21.5 Å². The molecular formula is C17H21FN4O2S. The highest BCUT2D eigenvalue weighted by Gasteiger charge is 2.31. The fourth-order valence-electron chi connectivity index (χ4n) is 2.93. The van der Waals surface area contributed by atoms with E-state index < -0.39 is 9.84 Å². The van der Waals surface area contributed by atoms with Gasteiger partial charge in [0.05, 0.1) is 11.5 Å². The molecule has 134 valence electrons. The molecule has 3 rings (SSSR count). The average Bonchev–Trinajstić information content (AvgIpc) is 2.96. The average molecular weight is 364 g/mol.